The fourth-order valence-corrected chi connectivity index (χ4v) is 5.28. The zero-order chi connectivity index (χ0) is 20.1. The normalized spacial score (nSPS) is 11.9. The predicted octanol–water partition coefficient (Wildman–Crippen LogP) is 6.32. The summed E-state index contributed by atoms with van der Waals surface area (Å²) in [5.74, 6) is 0.767. The molecule has 0 radical (unpaired) electrons. The average Bonchev–Trinajstić information content (AvgIpc) is 3.43. The Kier molecular flexibility index (Phi) is 6.44. The maximum atomic E-state index is 12.9. The van der Waals surface area contributed by atoms with Gasteiger partial charge in [0.1, 0.15) is 0 Å². The summed E-state index contributed by atoms with van der Waals surface area (Å²) in [6.45, 7) is 2.02. The number of aryl methyl sites for hydroxylation is 1. The smallest absolute Gasteiger partial charge is 0.252 e. The van der Waals surface area contributed by atoms with Crippen molar-refractivity contribution in [1.82, 2.24) is 10.3 Å². The van der Waals surface area contributed by atoms with Crippen LogP contribution in [-0.4, -0.2) is 10.9 Å². The maximum absolute atomic E-state index is 12.9. The van der Waals surface area contributed by atoms with Crippen molar-refractivity contribution in [1.29, 1.82) is 0 Å². The lowest BCUT2D eigenvalue weighted by Gasteiger charge is -2.18. The van der Waals surface area contributed by atoms with E-state index in [1.165, 1.54) is 0 Å². The van der Waals surface area contributed by atoms with Gasteiger partial charge in [0.15, 0.2) is 0 Å². The van der Waals surface area contributed by atoms with Crippen molar-refractivity contribution in [3.05, 3.63) is 104 Å². The van der Waals surface area contributed by atoms with Gasteiger partial charge in [0.05, 0.1) is 16.7 Å². The first kappa shape index (κ1) is 19.9. The summed E-state index contributed by atoms with van der Waals surface area (Å²) in [4.78, 5) is 19.6. The molecule has 1 atom stereocenters. The highest BCUT2D eigenvalue weighted by molar-refractivity contribution is 7.98. The second kappa shape index (κ2) is 9.39. The molecule has 29 heavy (non-hydrogen) atoms. The van der Waals surface area contributed by atoms with Gasteiger partial charge >= 0.3 is 0 Å². The van der Waals surface area contributed by atoms with E-state index in [-0.39, 0.29) is 11.9 Å². The lowest BCUT2D eigenvalue weighted by Crippen LogP contribution is -2.28. The van der Waals surface area contributed by atoms with Crippen molar-refractivity contribution in [2.45, 2.75) is 23.6 Å². The van der Waals surface area contributed by atoms with E-state index < -0.39 is 0 Å². The summed E-state index contributed by atoms with van der Waals surface area (Å²) in [5.41, 5.74) is 2.84. The van der Waals surface area contributed by atoms with Crippen LogP contribution >= 0.6 is 34.4 Å². The van der Waals surface area contributed by atoms with Crippen LogP contribution in [0.1, 0.15) is 37.5 Å². The molecule has 6 heteroatoms. The van der Waals surface area contributed by atoms with E-state index >= 15 is 0 Å². The molecule has 0 aliphatic rings. The molecule has 4 rings (SSSR count). The van der Waals surface area contributed by atoms with Crippen LogP contribution < -0.4 is 5.32 Å². The number of rotatable bonds is 7. The molecule has 0 saturated heterocycles. The van der Waals surface area contributed by atoms with E-state index in [9.17, 15) is 4.79 Å². The minimum absolute atomic E-state index is 0.0704. The van der Waals surface area contributed by atoms with Gasteiger partial charge in [0.2, 0.25) is 0 Å². The number of nitrogens with zero attached hydrogens (tertiary/aromatic N) is 1. The molecule has 1 amide bonds. The molecule has 0 spiro atoms. The van der Waals surface area contributed by atoms with Gasteiger partial charge in [-0.15, -0.1) is 34.4 Å². The molecular formula is C23H20N2OS3. The minimum atomic E-state index is -0.148. The molecule has 1 N–H and O–H groups in total. The van der Waals surface area contributed by atoms with Crippen LogP contribution in [-0.2, 0) is 5.75 Å². The Morgan fingerprint density at radius 3 is 2.48 bits per heavy atom. The van der Waals surface area contributed by atoms with E-state index in [0.29, 0.717) is 5.56 Å². The van der Waals surface area contributed by atoms with Crippen LogP contribution in [0.15, 0.2) is 82.4 Å². The molecule has 3 nitrogen and oxygen atoms in total. The highest BCUT2D eigenvalue weighted by atomic mass is 32.2. The summed E-state index contributed by atoms with van der Waals surface area (Å²) in [6, 6.07) is 21.8. The second-order valence-corrected chi connectivity index (χ2v) is 9.59. The Labute approximate surface area is 182 Å². The molecule has 0 bridgehead atoms. The standard InChI is InChI=1S/C23H20N2OS3/c1-16-24-19(14-28-16)15-29-20-11-9-18(10-12-20)23(26)25-22(21-8-5-13-27-21)17-6-3-2-4-7-17/h2-14,22H,15H2,1H3,(H,25,26). The third-order valence-electron chi connectivity index (χ3n) is 4.41. The quantitative estimate of drug-likeness (QED) is 0.344. The second-order valence-electron chi connectivity index (χ2n) is 6.50. The zero-order valence-electron chi connectivity index (χ0n) is 15.9. The van der Waals surface area contributed by atoms with Crippen molar-refractivity contribution in [3.63, 3.8) is 0 Å². The van der Waals surface area contributed by atoms with Crippen LogP contribution in [0.3, 0.4) is 0 Å². The summed E-state index contributed by atoms with van der Waals surface area (Å²) in [6.07, 6.45) is 0. The first-order valence-electron chi connectivity index (χ1n) is 9.22. The third kappa shape index (κ3) is 5.15. The molecule has 0 aliphatic heterocycles. The van der Waals surface area contributed by atoms with Crippen LogP contribution in [0.2, 0.25) is 0 Å². The molecule has 0 aliphatic carbocycles. The summed E-state index contributed by atoms with van der Waals surface area (Å²) in [5, 5.41) is 8.41. The summed E-state index contributed by atoms with van der Waals surface area (Å²) >= 11 is 5.05. The van der Waals surface area contributed by atoms with Crippen LogP contribution in [0.5, 0.6) is 0 Å². The fourth-order valence-electron chi connectivity index (χ4n) is 2.97. The topological polar surface area (TPSA) is 42.0 Å². The van der Waals surface area contributed by atoms with Gasteiger partial charge < -0.3 is 5.32 Å². The van der Waals surface area contributed by atoms with Crippen molar-refractivity contribution in [3.8, 4) is 0 Å². The number of thioether (sulfide) groups is 1. The van der Waals surface area contributed by atoms with E-state index in [2.05, 4.69) is 21.7 Å². The molecule has 2 aromatic heterocycles. The van der Waals surface area contributed by atoms with E-state index in [4.69, 9.17) is 0 Å². The number of nitrogens with one attached hydrogen (secondary N) is 1. The Balaban J connectivity index is 1.44. The molecule has 2 aromatic carbocycles. The first-order chi connectivity index (χ1) is 14.2. The van der Waals surface area contributed by atoms with Crippen molar-refractivity contribution < 1.29 is 4.79 Å². The first-order valence-corrected chi connectivity index (χ1v) is 12.0. The van der Waals surface area contributed by atoms with Gasteiger partial charge in [-0.1, -0.05) is 36.4 Å². The van der Waals surface area contributed by atoms with Crippen molar-refractivity contribution >= 4 is 40.3 Å². The molecule has 4 aromatic rings. The Hall–Kier alpha value is -2.41. The fraction of sp³-hybridized carbons (Fsp3) is 0.130. The van der Waals surface area contributed by atoms with Gasteiger partial charge in [0, 0.05) is 26.5 Å². The number of thiazole rings is 1. The van der Waals surface area contributed by atoms with E-state index in [1.54, 1.807) is 34.4 Å². The highest BCUT2D eigenvalue weighted by Gasteiger charge is 2.18. The van der Waals surface area contributed by atoms with Gasteiger partial charge in [0.25, 0.3) is 5.91 Å². The molecule has 146 valence electrons. The number of carbonyl (C=O) groups excluding carboxylic acids is 1. The third-order valence-corrected chi connectivity index (χ3v) is 7.21. The lowest BCUT2D eigenvalue weighted by molar-refractivity contribution is 0.0943. The number of amides is 1. The lowest BCUT2D eigenvalue weighted by atomic mass is 10.0. The van der Waals surface area contributed by atoms with E-state index in [0.717, 1.165) is 31.8 Å². The average molecular weight is 437 g/mol. The molecule has 0 fully saturated rings. The molecular weight excluding hydrogens is 416 g/mol. The Morgan fingerprint density at radius 1 is 1.03 bits per heavy atom. The highest BCUT2D eigenvalue weighted by Crippen LogP contribution is 2.27. The van der Waals surface area contributed by atoms with Crippen molar-refractivity contribution in [2.75, 3.05) is 0 Å². The number of hydrogen-bond donors (Lipinski definition) is 1. The number of aromatic nitrogens is 1. The van der Waals surface area contributed by atoms with Crippen molar-refractivity contribution in [2.24, 2.45) is 0 Å². The van der Waals surface area contributed by atoms with E-state index in [1.807, 2.05) is 73.0 Å². The summed E-state index contributed by atoms with van der Waals surface area (Å²) < 4.78 is 0. The van der Waals surface area contributed by atoms with Crippen LogP contribution in [0.25, 0.3) is 0 Å². The number of hydrogen-bond acceptors (Lipinski definition) is 5. The zero-order valence-corrected chi connectivity index (χ0v) is 18.3. The Bertz CT molecular complexity index is 1060. The molecule has 0 saturated carbocycles. The van der Waals surface area contributed by atoms with Gasteiger partial charge in [-0.05, 0) is 48.2 Å². The number of thiophene rings is 1. The monoisotopic (exact) mass is 436 g/mol. The van der Waals surface area contributed by atoms with Gasteiger partial charge in [-0.3, -0.25) is 4.79 Å². The Morgan fingerprint density at radius 2 is 1.83 bits per heavy atom. The largest absolute Gasteiger partial charge is 0.340 e. The molecule has 1 unspecified atom stereocenters. The summed E-state index contributed by atoms with van der Waals surface area (Å²) in [7, 11) is 0. The van der Waals surface area contributed by atoms with Crippen LogP contribution in [0, 0.1) is 6.92 Å². The van der Waals surface area contributed by atoms with Gasteiger partial charge in [-0.25, -0.2) is 4.98 Å². The van der Waals surface area contributed by atoms with Crippen LogP contribution in [0.4, 0.5) is 0 Å². The minimum Gasteiger partial charge on any atom is -0.340 e. The number of carbonyl (C=O) groups is 1. The van der Waals surface area contributed by atoms with Gasteiger partial charge in [-0.2, -0.15) is 0 Å². The number of benzene rings is 2. The molecule has 2 heterocycles. The predicted molar refractivity (Wildman–Crippen MR) is 123 cm³/mol. The maximum Gasteiger partial charge on any atom is 0.252 e. The SMILES string of the molecule is Cc1nc(CSc2ccc(C(=O)NC(c3ccccc3)c3cccs3)cc2)cs1.